The molecule has 0 saturated heterocycles. The number of allylic oxidation sites excluding steroid dienone is 2. The summed E-state index contributed by atoms with van der Waals surface area (Å²) in [6.07, 6.45) is 9.66. The Kier molecular flexibility index (Phi) is 6.79. The molecule has 0 aromatic heterocycles. The Balaban J connectivity index is 1.55. The monoisotopic (exact) mass is 539 g/mol. The van der Waals surface area contributed by atoms with E-state index >= 15 is 0 Å². The molecule has 0 spiro atoms. The fourth-order valence-corrected chi connectivity index (χ4v) is 11.7. The normalized spacial score (nSPS) is 44.7. The zero-order chi connectivity index (χ0) is 28.8. The molecule has 0 aromatic rings. The standard InChI is InChI=1S/C34H53NO4/c1-20(2)28-23(37)18-34(19-27(38)35-9)17-16-32(7)22(29(28)34)10-11-25-31(6)14-13-26(39-21(3)36)30(4,5)24(31)12-15-33(25,32)8/h20,22,24-26H,10-19H2,1-9H3,(H,35,38)/t22?,24?,25?,26?,31?,32-,33?,34?/m1/s1. The number of rotatable bonds is 4. The maximum atomic E-state index is 13.6. The van der Waals surface area contributed by atoms with Crippen molar-refractivity contribution in [1.29, 1.82) is 0 Å². The molecule has 5 nitrogen and oxygen atoms in total. The molecular formula is C34H53NO4. The van der Waals surface area contributed by atoms with E-state index in [4.69, 9.17) is 4.74 Å². The van der Waals surface area contributed by atoms with Crippen molar-refractivity contribution in [2.75, 3.05) is 7.05 Å². The molecule has 39 heavy (non-hydrogen) atoms. The highest BCUT2D eigenvalue weighted by molar-refractivity contribution is 6.01. The lowest BCUT2D eigenvalue weighted by molar-refractivity contribution is -0.232. The molecule has 5 aliphatic carbocycles. The third-order valence-corrected chi connectivity index (χ3v) is 13.6. The number of nitrogens with one attached hydrogen (secondary N) is 1. The van der Waals surface area contributed by atoms with Gasteiger partial charge in [0.25, 0.3) is 0 Å². The van der Waals surface area contributed by atoms with Gasteiger partial charge in [-0.2, -0.15) is 0 Å². The molecule has 7 unspecified atom stereocenters. The second kappa shape index (κ2) is 9.18. The number of hydrogen-bond donors (Lipinski definition) is 1. The molecule has 218 valence electrons. The fraction of sp³-hybridized carbons (Fsp3) is 0.853. The van der Waals surface area contributed by atoms with Crippen LogP contribution < -0.4 is 5.32 Å². The van der Waals surface area contributed by atoms with Gasteiger partial charge in [0.05, 0.1) is 0 Å². The van der Waals surface area contributed by atoms with Gasteiger partial charge >= 0.3 is 5.97 Å². The first-order chi connectivity index (χ1) is 18.1. The molecule has 8 atom stereocenters. The van der Waals surface area contributed by atoms with E-state index < -0.39 is 0 Å². The van der Waals surface area contributed by atoms with Crippen molar-refractivity contribution in [3.8, 4) is 0 Å². The second-order valence-electron chi connectivity index (χ2n) is 15.8. The van der Waals surface area contributed by atoms with Gasteiger partial charge in [0.1, 0.15) is 6.10 Å². The molecule has 0 aliphatic heterocycles. The largest absolute Gasteiger partial charge is 0.462 e. The predicted molar refractivity (Wildman–Crippen MR) is 154 cm³/mol. The molecule has 5 rings (SSSR count). The number of fused-ring (bicyclic) bond motifs is 7. The van der Waals surface area contributed by atoms with Crippen LogP contribution in [0.15, 0.2) is 11.1 Å². The number of esters is 1. The summed E-state index contributed by atoms with van der Waals surface area (Å²) in [5.41, 5.74) is 2.58. The Bertz CT molecular complexity index is 1100. The van der Waals surface area contributed by atoms with E-state index in [1.165, 1.54) is 18.4 Å². The van der Waals surface area contributed by atoms with E-state index in [0.717, 1.165) is 44.1 Å². The van der Waals surface area contributed by atoms with Crippen LogP contribution in [0.1, 0.15) is 120 Å². The van der Waals surface area contributed by atoms with Gasteiger partial charge in [-0.3, -0.25) is 14.4 Å². The third kappa shape index (κ3) is 3.86. The van der Waals surface area contributed by atoms with Crippen LogP contribution in [0.3, 0.4) is 0 Å². The van der Waals surface area contributed by atoms with Gasteiger partial charge in [-0.1, -0.05) is 54.0 Å². The van der Waals surface area contributed by atoms with Crippen LogP contribution in [-0.2, 0) is 19.1 Å². The number of ketones is 1. The first kappa shape index (κ1) is 28.9. The predicted octanol–water partition coefficient (Wildman–Crippen LogP) is 7.03. The Morgan fingerprint density at radius 2 is 1.62 bits per heavy atom. The first-order valence-electron chi connectivity index (χ1n) is 15.7. The van der Waals surface area contributed by atoms with Crippen molar-refractivity contribution in [3.63, 3.8) is 0 Å². The van der Waals surface area contributed by atoms with Crippen LogP contribution >= 0.6 is 0 Å². The molecule has 0 bridgehead atoms. The average molecular weight is 540 g/mol. The number of amides is 1. The van der Waals surface area contributed by atoms with Crippen molar-refractivity contribution in [2.24, 2.45) is 50.7 Å². The molecule has 0 aromatic carbocycles. The fourth-order valence-electron chi connectivity index (χ4n) is 11.7. The zero-order valence-corrected chi connectivity index (χ0v) is 26.1. The quantitative estimate of drug-likeness (QED) is 0.389. The minimum Gasteiger partial charge on any atom is -0.462 e. The number of hydrogen-bond acceptors (Lipinski definition) is 4. The smallest absolute Gasteiger partial charge is 0.302 e. The summed E-state index contributed by atoms with van der Waals surface area (Å²) in [4.78, 5) is 38.3. The minimum absolute atomic E-state index is 0.00683. The topological polar surface area (TPSA) is 72.5 Å². The van der Waals surface area contributed by atoms with Crippen molar-refractivity contribution < 1.29 is 19.1 Å². The first-order valence-corrected chi connectivity index (χ1v) is 15.7. The molecule has 1 amide bonds. The molecule has 1 N–H and O–H groups in total. The highest BCUT2D eigenvalue weighted by Gasteiger charge is 2.70. The summed E-state index contributed by atoms with van der Waals surface area (Å²) < 4.78 is 5.90. The Hall–Kier alpha value is -1.65. The molecule has 5 aliphatic rings. The molecule has 5 heteroatoms. The van der Waals surface area contributed by atoms with Crippen molar-refractivity contribution >= 4 is 17.7 Å². The maximum absolute atomic E-state index is 13.6. The lowest BCUT2D eigenvalue weighted by atomic mass is 9.33. The number of ether oxygens (including phenoxy) is 1. The summed E-state index contributed by atoms with van der Waals surface area (Å²) in [5.74, 6) is 1.89. The van der Waals surface area contributed by atoms with Crippen LogP contribution in [0, 0.1) is 50.7 Å². The summed E-state index contributed by atoms with van der Waals surface area (Å²) in [6, 6.07) is 0. The Morgan fingerprint density at radius 3 is 2.23 bits per heavy atom. The van der Waals surface area contributed by atoms with Gasteiger partial charge in [-0.25, -0.2) is 0 Å². The van der Waals surface area contributed by atoms with Gasteiger partial charge in [-0.15, -0.1) is 0 Å². The van der Waals surface area contributed by atoms with Crippen LogP contribution in [0.4, 0.5) is 0 Å². The van der Waals surface area contributed by atoms with E-state index in [1.807, 2.05) is 0 Å². The summed E-state index contributed by atoms with van der Waals surface area (Å²) in [6.45, 7) is 18.3. The van der Waals surface area contributed by atoms with Gasteiger partial charge in [0.15, 0.2) is 5.78 Å². The van der Waals surface area contributed by atoms with Gasteiger partial charge < -0.3 is 10.1 Å². The maximum Gasteiger partial charge on any atom is 0.302 e. The lowest BCUT2D eigenvalue weighted by Gasteiger charge is -2.72. The molecule has 0 heterocycles. The van der Waals surface area contributed by atoms with Gasteiger partial charge in [-0.05, 0) is 96.9 Å². The SMILES string of the molecule is CNC(=O)CC12CC[C@]3(C)C(CCC4C5(C)CCC(OC(C)=O)C(C)(C)C5CCC43C)C1=C(C(C)C)C(=O)C2. The Morgan fingerprint density at radius 1 is 0.923 bits per heavy atom. The van der Waals surface area contributed by atoms with Crippen LogP contribution in [0.2, 0.25) is 0 Å². The van der Waals surface area contributed by atoms with E-state index in [9.17, 15) is 14.4 Å². The minimum atomic E-state index is -0.296. The van der Waals surface area contributed by atoms with E-state index in [-0.39, 0.29) is 51.0 Å². The highest BCUT2D eigenvalue weighted by atomic mass is 16.5. The summed E-state index contributed by atoms with van der Waals surface area (Å²) in [7, 11) is 1.72. The van der Waals surface area contributed by atoms with Crippen LogP contribution in [-0.4, -0.2) is 30.8 Å². The summed E-state index contributed by atoms with van der Waals surface area (Å²) >= 11 is 0. The molecular weight excluding hydrogens is 486 g/mol. The van der Waals surface area contributed by atoms with Crippen molar-refractivity contribution in [2.45, 2.75) is 126 Å². The van der Waals surface area contributed by atoms with Crippen molar-refractivity contribution in [1.82, 2.24) is 5.32 Å². The third-order valence-electron chi connectivity index (χ3n) is 13.6. The average Bonchev–Trinajstić information content (AvgIpc) is 3.13. The Labute approximate surface area is 236 Å². The highest BCUT2D eigenvalue weighted by Crippen LogP contribution is 2.77. The molecule has 4 saturated carbocycles. The zero-order valence-electron chi connectivity index (χ0n) is 26.1. The van der Waals surface area contributed by atoms with Gasteiger partial charge in [0, 0.05) is 37.6 Å². The second-order valence-corrected chi connectivity index (χ2v) is 15.8. The number of carbonyl (C=O) groups is 3. The van der Waals surface area contributed by atoms with E-state index in [0.29, 0.717) is 36.4 Å². The van der Waals surface area contributed by atoms with E-state index in [2.05, 4.69) is 53.8 Å². The molecule has 4 fully saturated rings. The molecule has 0 radical (unpaired) electrons. The summed E-state index contributed by atoms with van der Waals surface area (Å²) in [5, 5.41) is 2.87. The number of Topliss-reactive ketones (excluding diaryl/α,β-unsaturated/α-hetero) is 1. The lowest BCUT2D eigenvalue weighted by Crippen LogP contribution is -2.65. The van der Waals surface area contributed by atoms with Crippen LogP contribution in [0.5, 0.6) is 0 Å². The van der Waals surface area contributed by atoms with E-state index in [1.54, 1.807) is 14.0 Å². The van der Waals surface area contributed by atoms with Crippen LogP contribution in [0.25, 0.3) is 0 Å². The van der Waals surface area contributed by atoms with Gasteiger partial charge in [0.2, 0.25) is 5.91 Å². The number of carbonyl (C=O) groups excluding carboxylic acids is 3. The van der Waals surface area contributed by atoms with Crippen molar-refractivity contribution in [3.05, 3.63) is 11.1 Å².